The standard InChI is InChI=1S/C12H9F3N4O3/c13-12(14,15)8-3-1-7(2-4-8)5-18-6-9(19(21)22)17-11(18)10(16)20/h1-4,6H,5H2,(H2,16,20). The van der Waals surface area contributed by atoms with Crippen LogP contribution >= 0.6 is 0 Å². The van der Waals surface area contributed by atoms with Crippen LogP contribution in [0.1, 0.15) is 21.7 Å². The van der Waals surface area contributed by atoms with Gasteiger partial charge in [0.2, 0.25) is 0 Å². The molecule has 10 heteroatoms. The molecule has 0 aliphatic carbocycles. The first-order valence-corrected chi connectivity index (χ1v) is 5.86. The fourth-order valence-corrected chi connectivity index (χ4v) is 1.80. The molecule has 0 saturated carbocycles. The van der Waals surface area contributed by atoms with E-state index in [9.17, 15) is 28.1 Å². The van der Waals surface area contributed by atoms with E-state index >= 15 is 0 Å². The number of nitro groups is 1. The lowest BCUT2D eigenvalue weighted by molar-refractivity contribution is -0.389. The molecule has 0 atom stereocenters. The van der Waals surface area contributed by atoms with Crippen LogP contribution in [0, 0.1) is 10.1 Å². The first-order chi connectivity index (χ1) is 10.2. The van der Waals surface area contributed by atoms with Crippen molar-refractivity contribution in [2.75, 3.05) is 0 Å². The highest BCUT2D eigenvalue weighted by Gasteiger charge is 2.30. The number of primary amides is 1. The fraction of sp³-hybridized carbons (Fsp3) is 0.167. The maximum Gasteiger partial charge on any atom is 0.416 e. The average molecular weight is 314 g/mol. The van der Waals surface area contributed by atoms with Crippen molar-refractivity contribution in [2.45, 2.75) is 12.7 Å². The molecular weight excluding hydrogens is 305 g/mol. The number of hydrogen-bond acceptors (Lipinski definition) is 4. The largest absolute Gasteiger partial charge is 0.416 e. The third-order valence-corrected chi connectivity index (χ3v) is 2.81. The molecule has 0 unspecified atom stereocenters. The molecule has 0 fully saturated rings. The Labute approximate surface area is 121 Å². The Hall–Kier alpha value is -2.91. The van der Waals surface area contributed by atoms with Crippen LogP contribution in [0.2, 0.25) is 0 Å². The summed E-state index contributed by atoms with van der Waals surface area (Å²) in [5, 5.41) is 10.6. The second-order valence-electron chi connectivity index (χ2n) is 4.37. The molecular formula is C12H9F3N4O3. The Kier molecular flexibility index (Phi) is 3.85. The predicted octanol–water partition coefficient (Wildman–Crippen LogP) is 1.96. The Balaban J connectivity index is 2.30. The molecule has 0 aliphatic rings. The van der Waals surface area contributed by atoms with E-state index in [2.05, 4.69) is 4.98 Å². The van der Waals surface area contributed by atoms with Gasteiger partial charge in [-0.2, -0.15) is 13.2 Å². The van der Waals surface area contributed by atoms with Crippen LogP contribution in [0.3, 0.4) is 0 Å². The van der Waals surface area contributed by atoms with Gasteiger partial charge in [-0.15, -0.1) is 0 Å². The van der Waals surface area contributed by atoms with E-state index in [1.807, 2.05) is 0 Å². The smallest absolute Gasteiger partial charge is 0.361 e. The maximum absolute atomic E-state index is 12.5. The maximum atomic E-state index is 12.5. The van der Waals surface area contributed by atoms with Crippen LogP contribution in [0.5, 0.6) is 0 Å². The van der Waals surface area contributed by atoms with E-state index in [0.29, 0.717) is 5.56 Å². The zero-order valence-electron chi connectivity index (χ0n) is 10.9. The van der Waals surface area contributed by atoms with Crippen molar-refractivity contribution in [2.24, 2.45) is 5.73 Å². The summed E-state index contributed by atoms with van der Waals surface area (Å²) in [4.78, 5) is 24.5. The van der Waals surface area contributed by atoms with Crippen molar-refractivity contribution < 1.29 is 22.9 Å². The van der Waals surface area contributed by atoms with Crippen LogP contribution in [0.4, 0.5) is 19.0 Å². The summed E-state index contributed by atoms with van der Waals surface area (Å²) in [6, 6.07) is 4.17. The third-order valence-electron chi connectivity index (χ3n) is 2.81. The molecule has 1 aromatic carbocycles. The average Bonchev–Trinajstić information content (AvgIpc) is 2.82. The minimum Gasteiger partial charge on any atom is -0.361 e. The number of benzene rings is 1. The van der Waals surface area contributed by atoms with Gasteiger partial charge < -0.3 is 15.8 Å². The number of carbonyl (C=O) groups excluding carboxylic acids is 1. The molecule has 0 saturated heterocycles. The van der Waals surface area contributed by atoms with Gasteiger partial charge in [-0.3, -0.25) is 9.36 Å². The first-order valence-electron chi connectivity index (χ1n) is 5.86. The number of rotatable bonds is 4. The van der Waals surface area contributed by atoms with Gasteiger partial charge >= 0.3 is 23.7 Å². The number of hydrogen-bond donors (Lipinski definition) is 1. The van der Waals surface area contributed by atoms with E-state index < -0.39 is 28.4 Å². The van der Waals surface area contributed by atoms with E-state index in [1.54, 1.807) is 0 Å². The molecule has 7 nitrogen and oxygen atoms in total. The summed E-state index contributed by atoms with van der Waals surface area (Å²) < 4.78 is 38.5. The monoisotopic (exact) mass is 314 g/mol. The lowest BCUT2D eigenvalue weighted by Gasteiger charge is -2.08. The molecule has 2 N–H and O–H groups in total. The highest BCUT2D eigenvalue weighted by atomic mass is 19.4. The van der Waals surface area contributed by atoms with Crippen LogP contribution in [-0.2, 0) is 12.7 Å². The number of carbonyl (C=O) groups is 1. The fourth-order valence-electron chi connectivity index (χ4n) is 1.80. The summed E-state index contributed by atoms with van der Waals surface area (Å²) >= 11 is 0. The molecule has 1 heterocycles. The SMILES string of the molecule is NC(=O)c1nc([N+](=O)[O-])cn1Cc1ccc(C(F)(F)F)cc1. The number of amides is 1. The molecule has 2 rings (SSSR count). The van der Waals surface area contributed by atoms with Crippen molar-refractivity contribution in [3.63, 3.8) is 0 Å². The van der Waals surface area contributed by atoms with Gasteiger partial charge in [0.1, 0.15) is 6.20 Å². The highest BCUT2D eigenvalue weighted by Crippen LogP contribution is 2.29. The lowest BCUT2D eigenvalue weighted by Crippen LogP contribution is -2.18. The Morgan fingerprint density at radius 2 is 1.91 bits per heavy atom. The summed E-state index contributed by atoms with van der Waals surface area (Å²) in [5.74, 6) is -1.88. The molecule has 0 radical (unpaired) electrons. The molecule has 1 aromatic heterocycles. The Bertz CT molecular complexity index is 722. The summed E-state index contributed by atoms with van der Waals surface area (Å²) in [5.41, 5.74) is 4.66. The Morgan fingerprint density at radius 1 is 1.32 bits per heavy atom. The highest BCUT2D eigenvalue weighted by molar-refractivity contribution is 5.89. The molecule has 0 spiro atoms. The normalized spacial score (nSPS) is 11.4. The molecule has 22 heavy (non-hydrogen) atoms. The third kappa shape index (κ3) is 3.22. The number of alkyl halides is 3. The van der Waals surface area contributed by atoms with Gasteiger partial charge in [0.25, 0.3) is 0 Å². The minimum absolute atomic E-state index is 0.0722. The molecule has 2 aromatic rings. The van der Waals surface area contributed by atoms with Crippen LogP contribution in [0.15, 0.2) is 30.5 Å². The van der Waals surface area contributed by atoms with Crippen molar-refractivity contribution in [3.05, 3.63) is 57.5 Å². The van der Waals surface area contributed by atoms with Crippen molar-refractivity contribution in [1.82, 2.24) is 9.55 Å². The van der Waals surface area contributed by atoms with Crippen molar-refractivity contribution in [3.8, 4) is 0 Å². The second-order valence-corrected chi connectivity index (χ2v) is 4.37. The van der Waals surface area contributed by atoms with Gasteiger partial charge in [-0.1, -0.05) is 12.1 Å². The van der Waals surface area contributed by atoms with E-state index in [-0.39, 0.29) is 12.4 Å². The van der Waals surface area contributed by atoms with Gasteiger partial charge in [-0.05, 0) is 27.6 Å². The number of nitrogens with zero attached hydrogens (tertiary/aromatic N) is 3. The number of nitrogens with two attached hydrogens (primary N) is 1. The first kappa shape index (κ1) is 15.5. The lowest BCUT2D eigenvalue weighted by atomic mass is 10.1. The van der Waals surface area contributed by atoms with Crippen LogP contribution in [-0.4, -0.2) is 20.4 Å². The summed E-state index contributed by atoms with van der Waals surface area (Å²) in [6.45, 7) is -0.0722. The van der Waals surface area contributed by atoms with Crippen molar-refractivity contribution in [1.29, 1.82) is 0 Å². The number of aromatic nitrogens is 2. The Morgan fingerprint density at radius 3 is 2.36 bits per heavy atom. The van der Waals surface area contributed by atoms with E-state index in [0.717, 1.165) is 22.9 Å². The minimum atomic E-state index is -4.45. The van der Waals surface area contributed by atoms with Crippen LogP contribution < -0.4 is 5.73 Å². The predicted molar refractivity (Wildman–Crippen MR) is 67.9 cm³/mol. The van der Waals surface area contributed by atoms with Crippen molar-refractivity contribution >= 4 is 11.7 Å². The number of halogens is 3. The molecule has 0 bridgehead atoms. The summed E-state index contributed by atoms with van der Waals surface area (Å²) in [7, 11) is 0. The summed E-state index contributed by atoms with van der Waals surface area (Å²) in [6.07, 6.45) is -3.46. The zero-order chi connectivity index (χ0) is 16.5. The molecule has 1 amide bonds. The van der Waals surface area contributed by atoms with Gasteiger partial charge in [-0.25, -0.2) is 0 Å². The number of imidazole rings is 1. The van der Waals surface area contributed by atoms with E-state index in [1.165, 1.54) is 12.1 Å². The second kappa shape index (κ2) is 5.47. The molecule has 0 aliphatic heterocycles. The van der Waals surface area contributed by atoms with Gasteiger partial charge in [0, 0.05) is 0 Å². The van der Waals surface area contributed by atoms with Gasteiger partial charge in [0.15, 0.2) is 0 Å². The van der Waals surface area contributed by atoms with Gasteiger partial charge in [0.05, 0.1) is 12.1 Å². The zero-order valence-corrected chi connectivity index (χ0v) is 10.9. The molecule has 116 valence electrons. The van der Waals surface area contributed by atoms with Crippen LogP contribution in [0.25, 0.3) is 0 Å². The van der Waals surface area contributed by atoms with E-state index in [4.69, 9.17) is 5.73 Å². The topological polar surface area (TPSA) is 104 Å². The quantitative estimate of drug-likeness (QED) is 0.688.